The fourth-order valence-corrected chi connectivity index (χ4v) is 3.20. The van der Waals surface area contributed by atoms with Gasteiger partial charge in [-0.15, -0.1) is 11.3 Å². The topological polar surface area (TPSA) is 103 Å². The first-order valence-electron chi connectivity index (χ1n) is 8.33. The molecule has 3 rings (SSSR count). The zero-order valence-corrected chi connectivity index (χ0v) is 15.5. The largest absolute Gasteiger partial charge is 0.337 e. The highest BCUT2D eigenvalue weighted by Gasteiger charge is 2.25. The number of urea groups is 1. The van der Waals surface area contributed by atoms with E-state index in [1.807, 2.05) is 11.8 Å². The third-order valence-electron chi connectivity index (χ3n) is 3.99. The van der Waals surface area contributed by atoms with Crippen molar-refractivity contribution >= 4 is 34.4 Å². The molecule has 2 aromatic rings. The molecule has 0 aliphatic carbocycles. The monoisotopic (exact) mass is 375 g/mol. The molecule has 1 atom stereocenters. The number of carbonyl (C=O) groups excluding carboxylic acids is 2. The highest BCUT2D eigenvalue weighted by molar-refractivity contribution is 7.15. The maximum Gasteiger partial charge on any atom is 0.318 e. The van der Waals surface area contributed by atoms with E-state index in [0.29, 0.717) is 37.3 Å². The number of aryl methyl sites for hydroxylation is 1. The predicted octanol–water partition coefficient (Wildman–Crippen LogP) is 1.10. The van der Waals surface area contributed by atoms with Crippen LogP contribution in [0.3, 0.4) is 0 Å². The second-order valence-corrected chi connectivity index (χ2v) is 7.19. The lowest BCUT2D eigenvalue weighted by Crippen LogP contribution is -2.55. The van der Waals surface area contributed by atoms with Crippen molar-refractivity contribution in [1.82, 2.24) is 25.2 Å². The normalized spacial score (nSPS) is 15.5. The second-order valence-electron chi connectivity index (χ2n) is 5.96. The second kappa shape index (κ2) is 8.09. The third-order valence-corrected chi connectivity index (χ3v) is 4.81. The molecule has 1 fully saturated rings. The summed E-state index contributed by atoms with van der Waals surface area (Å²) >= 11 is 1.40. The number of anilines is 2. The summed E-state index contributed by atoms with van der Waals surface area (Å²) < 4.78 is 0. The number of nitrogens with one attached hydrogen (secondary N) is 2. The summed E-state index contributed by atoms with van der Waals surface area (Å²) in [4.78, 5) is 41.8. The molecule has 1 aliphatic rings. The summed E-state index contributed by atoms with van der Waals surface area (Å²) in [5.74, 6) is 0.378. The molecular formula is C16H21N7O2S. The Kier molecular flexibility index (Phi) is 5.61. The van der Waals surface area contributed by atoms with Gasteiger partial charge in [0.25, 0.3) is 0 Å². The first-order valence-corrected chi connectivity index (χ1v) is 9.15. The molecule has 0 bridgehead atoms. The van der Waals surface area contributed by atoms with E-state index < -0.39 is 6.04 Å². The Hall–Kier alpha value is -2.75. The molecule has 0 spiro atoms. The van der Waals surface area contributed by atoms with E-state index in [0.717, 1.165) is 4.88 Å². The van der Waals surface area contributed by atoms with Gasteiger partial charge >= 0.3 is 6.03 Å². The first kappa shape index (κ1) is 18.1. The minimum absolute atomic E-state index is 0.253. The van der Waals surface area contributed by atoms with Gasteiger partial charge in [-0.2, -0.15) is 0 Å². The minimum atomic E-state index is -0.651. The molecule has 138 valence electrons. The van der Waals surface area contributed by atoms with Crippen molar-refractivity contribution in [3.05, 3.63) is 29.5 Å². The van der Waals surface area contributed by atoms with Crippen molar-refractivity contribution in [3.63, 3.8) is 0 Å². The van der Waals surface area contributed by atoms with E-state index in [9.17, 15) is 9.59 Å². The van der Waals surface area contributed by atoms with E-state index in [1.54, 1.807) is 36.5 Å². The van der Waals surface area contributed by atoms with Gasteiger partial charge < -0.3 is 20.4 Å². The zero-order chi connectivity index (χ0) is 18.5. The predicted molar refractivity (Wildman–Crippen MR) is 99.3 cm³/mol. The van der Waals surface area contributed by atoms with E-state index in [1.165, 1.54) is 11.3 Å². The number of aromatic nitrogens is 3. The summed E-state index contributed by atoms with van der Waals surface area (Å²) in [5, 5.41) is 5.98. The molecule has 10 heteroatoms. The molecule has 0 radical (unpaired) electrons. The quantitative estimate of drug-likeness (QED) is 0.829. The molecular weight excluding hydrogens is 354 g/mol. The third kappa shape index (κ3) is 4.45. The minimum Gasteiger partial charge on any atom is -0.337 e. The van der Waals surface area contributed by atoms with E-state index in [4.69, 9.17) is 0 Å². The first-order chi connectivity index (χ1) is 12.5. The molecule has 3 heterocycles. The van der Waals surface area contributed by atoms with E-state index in [-0.39, 0.29) is 11.9 Å². The molecule has 0 unspecified atom stereocenters. The van der Waals surface area contributed by atoms with Gasteiger partial charge in [0.1, 0.15) is 6.04 Å². The lowest BCUT2D eigenvalue weighted by Gasteiger charge is -2.35. The molecule has 2 aromatic heterocycles. The summed E-state index contributed by atoms with van der Waals surface area (Å²) in [5.41, 5.74) is 0. The van der Waals surface area contributed by atoms with Crippen LogP contribution in [-0.4, -0.2) is 64.0 Å². The van der Waals surface area contributed by atoms with Gasteiger partial charge in [-0.25, -0.2) is 19.7 Å². The lowest BCUT2D eigenvalue weighted by atomic mass is 10.3. The average molecular weight is 375 g/mol. The van der Waals surface area contributed by atoms with Crippen molar-refractivity contribution in [3.8, 4) is 0 Å². The van der Waals surface area contributed by atoms with Crippen LogP contribution in [0.2, 0.25) is 0 Å². The molecule has 0 saturated carbocycles. The lowest BCUT2D eigenvalue weighted by molar-refractivity contribution is -0.117. The number of carbonyl (C=O) groups is 2. The smallest absolute Gasteiger partial charge is 0.318 e. The van der Waals surface area contributed by atoms with Crippen LogP contribution in [0.5, 0.6) is 0 Å². The summed E-state index contributed by atoms with van der Waals surface area (Å²) in [6, 6.07) is 0.867. The molecule has 26 heavy (non-hydrogen) atoms. The molecule has 0 aromatic carbocycles. The highest BCUT2D eigenvalue weighted by atomic mass is 32.1. The Morgan fingerprint density at radius 3 is 2.46 bits per heavy atom. The summed E-state index contributed by atoms with van der Waals surface area (Å²) in [6.45, 7) is 5.96. The Balaban J connectivity index is 1.47. The maximum absolute atomic E-state index is 12.4. The summed E-state index contributed by atoms with van der Waals surface area (Å²) in [7, 11) is 0. The van der Waals surface area contributed by atoms with Gasteiger partial charge in [0, 0.05) is 49.6 Å². The van der Waals surface area contributed by atoms with Crippen molar-refractivity contribution in [2.24, 2.45) is 0 Å². The number of piperazine rings is 1. The maximum atomic E-state index is 12.4. The van der Waals surface area contributed by atoms with Crippen LogP contribution < -0.4 is 15.5 Å². The Bertz CT molecular complexity index is 759. The fourth-order valence-electron chi connectivity index (χ4n) is 2.53. The number of nitrogens with zero attached hydrogens (tertiary/aromatic N) is 5. The van der Waals surface area contributed by atoms with Crippen molar-refractivity contribution in [1.29, 1.82) is 0 Å². The van der Waals surface area contributed by atoms with Crippen molar-refractivity contribution < 1.29 is 9.59 Å². The Morgan fingerprint density at radius 1 is 1.15 bits per heavy atom. The number of thiazole rings is 1. The number of amides is 3. The van der Waals surface area contributed by atoms with Crippen LogP contribution in [0.25, 0.3) is 0 Å². The molecule has 1 aliphatic heterocycles. The number of hydrogen-bond donors (Lipinski definition) is 2. The van der Waals surface area contributed by atoms with Crippen LogP contribution in [0.15, 0.2) is 24.7 Å². The van der Waals surface area contributed by atoms with Crippen LogP contribution in [0.4, 0.5) is 15.9 Å². The Morgan fingerprint density at radius 2 is 1.85 bits per heavy atom. The van der Waals surface area contributed by atoms with Crippen LogP contribution in [0.1, 0.15) is 11.8 Å². The number of hydrogen-bond acceptors (Lipinski definition) is 7. The fraction of sp³-hybridized carbons (Fsp3) is 0.438. The van der Waals surface area contributed by atoms with Gasteiger partial charge in [-0.05, 0) is 19.9 Å². The molecule has 9 nitrogen and oxygen atoms in total. The van der Waals surface area contributed by atoms with E-state index in [2.05, 4.69) is 25.6 Å². The van der Waals surface area contributed by atoms with Gasteiger partial charge in [-0.3, -0.25) is 4.79 Å². The van der Waals surface area contributed by atoms with Gasteiger partial charge in [0.15, 0.2) is 5.13 Å². The SMILES string of the molecule is Cc1cnc(NC(=O)[C@H](C)NC(=O)N2CCN(c3ncccn3)CC2)s1. The molecule has 1 saturated heterocycles. The van der Waals surface area contributed by atoms with E-state index >= 15 is 0 Å². The summed E-state index contributed by atoms with van der Waals surface area (Å²) in [6.07, 6.45) is 5.09. The standard InChI is InChI=1S/C16H21N7O2S/c1-11-10-19-15(26-11)21-13(24)12(2)20-16(25)23-8-6-22(7-9-23)14-17-4-3-5-18-14/h3-5,10,12H,6-9H2,1-2H3,(H,20,25)(H,19,21,24)/t12-/m0/s1. The van der Waals surface area contributed by atoms with Crippen LogP contribution in [0, 0.1) is 6.92 Å². The molecule has 3 amide bonds. The Labute approximate surface area is 155 Å². The van der Waals surface area contributed by atoms with Crippen molar-refractivity contribution in [2.75, 3.05) is 36.4 Å². The van der Waals surface area contributed by atoms with Crippen molar-refractivity contribution in [2.45, 2.75) is 19.9 Å². The van der Waals surface area contributed by atoms with Gasteiger partial charge in [0.2, 0.25) is 11.9 Å². The van der Waals surface area contributed by atoms with Crippen LogP contribution >= 0.6 is 11.3 Å². The highest BCUT2D eigenvalue weighted by Crippen LogP contribution is 2.16. The average Bonchev–Trinajstić information content (AvgIpc) is 3.07. The van der Waals surface area contributed by atoms with Gasteiger partial charge in [0.05, 0.1) is 0 Å². The number of rotatable bonds is 4. The van der Waals surface area contributed by atoms with Crippen LogP contribution in [-0.2, 0) is 4.79 Å². The zero-order valence-electron chi connectivity index (χ0n) is 14.7. The van der Waals surface area contributed by atoms with Gasteiger partial charge in [-0.1, -0.05) is 0 Å². The molecule has 2 N–H and O–H groups in total.